The maximum Gasteiger partial charge on any atom is 0.497 e. The maximum atomic E-state index is 13.9. The lowest BCUT2D eigenvalue weighted by molar-refractivity contribution is -0.127. The van der Waals surface area contributed by atoms with Gasteiger partial charge in [-0.1, -0.05) is 12.1 Å². The third kappa shape index (κ3) is 3.40. The van der Waals surface area contributed by atoms with Crippen molar-refractivity contribution >= 4 is 12.6 Å². The number of alkyl halides is 3. The summed E-state index contributed by atoms with van der Waals surface area (Å²) in [6, 6.07) is 3.30. The van der Waals surface area contributed by atoms with E-state index in [4.69, 9.17) is 9.31 Å². The van der Waals surface area contributed by atoms with Gasteiger partial charge in [0.25, 0.3) is 0 Å². The molecule has 2 rings (SSSR count). The van der Waals surface area contributed by atoms with Crippen LogP contribution < -0.4 is 5.46 Å². The van der Waals surface area contributed by atoms with Crippen LogP contribution in [0.2, 0.25) is 0 Å². The second-order valence-electron chi connectivity index (χ2n) is 6.24. The van der Waals surface area contributed by atoms with Crippen LogP contribution in [-0.2, 0) is 15.7 Å². The fraction of sp³-hybridized carbons (Fsp3) is 0.571. The second-order valence-corrected chi connectivity index (χ2v) is 6.24. The molecule has 0 N–H and O–H groups in total. The minimum atomic E-state index is -4.34. The molecule has 1 saturated heterocycles. The SMILES string of the molecule is CC1(C)OB(c2cc(CC(F)(F)F)ccc2F)OC1(C)C. The minimum absolute atomic E-state index is 0.00426. The van der Waals surface area contributed by atoms with Gasteiger partial charge < -0.3 is 9.31 Å². The third-order valence-corrected chi connectivity index (χ3v) is 3.97. The fourth-order valence-electron chi connectivity index (χ4n) is 2.09. The van der Waals surface area contributed by atoms with Crippen LogP contribution in [-0.4, -0.2) is 24.5 Å². The zero-order chi connectivity index (χ0) is 16.1. The molecule has 1 heterocycles. The topological polar surface area (TPSA) is 18.5 Å². The van der Waals surface area contributed by atoms with E-state index in [0.29, 0.717) is 0 Å². The molecule has 1 aliphatic heterocycles. The average Bonchev–Trinajstić information content (AvgIpc) is 2.49. The number of halogens is 4. The van der Waals surface area contributed by atoms with Crippen molar-refractivity contribution in [3.05, 3.63) is 29.6 Å². The lowest BCUT2D eigenvalue weighted by Crippen LogP contribution is -2.41. The fourth-order valence-corrected chi connectivity index (χ4v) is 2.09. The lowest BCUT2D eigenvalue weighted by Gasteiger charge is -2.32. The van der Waals surface area contributed by atoms with Gasteiger partial charge in [-0.15, -0.1) is 0 Å². The summed E-state index contributed by atoms with van der Waals surface area (Å²) >= 11 is 0. The zero-order valence-electron chi connectivity index (χ0n) is 12.3. The molecule has 21 heavy (non-hydrogen) atoms. The Morgan fingerprint density at radius 2 is 1.57 bits per heavy atom. The van der Waals surface area contributed by atoms with Crippen molar-refractivity contribution in [3.63, 3.8) is 0 Å². The summed E-state index contributed by atoms with van der Waals surface area (Å²) in [5.74, 6) is -0.639. The highest BCUT2D eigenvalue weighted by Crippen LogP contribution is 2.36. The van der Waals surface area contributed by atoms with Crippen molar-refractivity contribution in [3.8, 4) is 0 Å². The second kappa shape index (κ2) is 4.99. The van der Waals surface area contributed by atoms with Crippen LogP contribution in [0.3, 0.4) is 0 Å². The lowest BCUT2D eigenvalue weighted by atomic mass is 9.77. The number of hydrogen-bond donors (Lipinski definition) is 0. The first-order chi connectivity index (χ1) is 9.41. The van der Waals surface area contributed by atoms with E-state index in [0.717, 1.165) is 18.2 Å². The summed E-state index contributed by atoms with van der Waals surface area (Å²) < 4.78 is 62.6. The average molecular weight is 304 g/mol. The van der Waals surface area contributed by atoms with E-state index in [1.807, 2.05) is 0 Å². The molecule has 1 aromatic rings. The Kier molecular flexibility index (Phi) is 3.87. The molecular weight excluding hydrogens is 287 g/mol. The van der Waals surface area contributed by atoms with Gasteiger partial charge >= 0.3 is 13.3 Å². The van der Waals surface area contributed by atoms with E-state index in [-0.39, 0.29) is 11.0 Å². The number of hydrogen-bond acceptors (Lipinski definition) is 2. The molecule has 1 aliphatic rings. The molecule has 0 atom stereocenters. The molecule has 0 unspecified atom stereocenters. The van der Waals surface area contributed by atoms with Crippen molar-refractivity contribution in [2.45, 2.75) is 51.5 Å². The Bertz CT molecular complexity index is 524. The van der Waals surface area contributed by atoms with Crippen LogP contribution in [0.15, 0.2) is 18.2 Å². The molecule has 7 heteroatoms. The first-order valence-electron chi connectivity index (χ1n) is 6.62. The molecule has 0 saturated carbocycles. The van der Waals surface area contributed by atoms with Crippen molar-refractivity contribution in [1.29, 1.82) is 0 Å². The molecule has 0 aromatic heterocycles. The molecule has 2 nitrogen and oxygen atoms in total. The van der Waals surface area contributed by atoms with E-state index < -0.39 is 36.7 Å². The van der Waals surface area contributed by atoms with Crippen LogP contribution in [0.4, 0.5) is 17.6 Å². The summed E-state index contributed by atoms with van der Waals surface area (Å²) in [6.07, 6.45) is -5.45. The zero-order valence-corrected chi connectivity index (χ0v) is 12.3. The third-order valence-electron chi connectivity index (χ3n) is 3.97. The molecular formula is C14H17BF4O2. The van der Waals surface area contributed by atoms with Gasteiger partial charge in [-0.2, -0.15) is 13.2 Å². The highest BCUT2D eigenvalue weighted by molar-refractivity contribution is 6.62. The molecule has 1 aromatic carbocycles. The van der Waals surface area contributed by atoms with Gasteiger partial charge in [0.05, 0.1) is 17.6 Å². The predicted octanol–water partition coefficient (Wildman–Crippen LogP) is 3.23. The molecule has 0 spiro atoms. The maximum absolute atomic E-state index is 13.9. The summed E-state index contributed by atoms with van der Waals surface area (Å²) in [7, 11) is -1.01. The van der Waals surface area contributed by atoms with Crippen molar-refractivity contribution in [1.82, 2.24) is 0 Å². The largest absolute Gasteiger partial charge is 0.497 e. The monoisotopic (exact) mass is 304 g/mol. The first-order valence-corrected chi connectivity index (χ1v) is 6.62. The standard InChI is InChI=1S/C14H17BF4O2/c1-12(2)13(3,4)21-15(20-12)10-7-9(5-6-11(10)16)8-14(17,18)19/h5-7H,8H2,1-4H3. The molecule has 0 bridgehead atoms. The van der Waals surface area contributed by atoms with E-state index in [1.54, 1.807) is 27.7 Å². The van der Waals surface area contributed by atoms with Crippen molar-refractivity contribution < 1.29 is 26.9 Å². The molecule has 0 aliphatic carbocycles. The Hall–Kier alpha value is -1.08. The predicted molar refractivity (Wildman–Crippen MR) is 71.9 cm³/mol. The highest BCUT2D eigenvalue weighted by Gasteiger charge is 2.52. The quantitative estimate of drug-likeness (QED) is 0.617. The number of rotatable bonds is 2. The summed E-state index contributed by atoms with van der Waals surface area (Å²) in [5, 5.41) is 0. The van der Waals surface area contributed by atoms with Crippen molar-refractivity contribution in [2.24, 2.45) is 0 Å². The van der Waals surface area contributed by atoms with Gasteiger partial charge in [0.1, 0.15) is 5.82 Å². The summed E-state index contributed by atoms with van der Waals surface area (Å²) in [4.78, 5) is 0. The molecule has 0 amide bonds. The number of benzene rings is 1. The summed E-state index contributed by atoms with van der Waals surface area (Å²) in [5.41, 5.74) is -1.38. The van der Waals surface area contributed by atoms with Crippen LogP contribution in [0.5, 0.6) is 0 Å². The molecule has 0 radical (unpaired) electrons. The van der Waals surface area contributed by atoms with Gasteiger partial charge in [-0.25, -0.2) is 4.39 Å². The van der Waals surface area contributed by atoms with E-state index >= 15 is 0 Å². The van der Waals surface area contributed by atoms with E-state index in [1.165, 1.54) is 0 Å². The first kappa shape index (κ1) is 16.3. The van der Waals surface area contributed by atoms with Crippen LogP contribution >= 0.6 is 0 Å². The summed E-state index contributed by atoms with van der Waals surface area (Å²) in [6.45, 7) is 7.18. The van der Waals surface area contributed by atoms with Gasteiger partial charge in [0.15, 0.2) is 0 Å². The smallest absolute Gasteiger partial charge is 0.399 e. The highest BCUT2D eigenvalue weighted by atomic mass is 19.4. The van der Waals surface area contributed by atoms with E-state index in [2.05, 4.69) is 0 Å². The van der Waals surface area contributed by atoms with Gasteiger partial charge in [-0.05, 0) is 39.3 Å². The van der Waals surface area contributed by atoms with E-state index in [9.17, 15) is 17.6 Å². The Morgan fingerprint density at radius 1 is 1.05 bits per heavy atom. The normalized spacial score (nSPS) is 20.9. The van der Waals surface area contributed by atoms with Crippen LogP contribution in [0, 0.1) is 5.82 Å². The molecule has 1 fully saturated rings. The van der Waals surface area contributed by atoms with Crippen LogP contribution in [0.25, 0.3) is 0 Å². The van der Waals surface area contributed by atoms with Gasteiger partial charge in [0, 0.05) is 5.46 Å². The van der Waals surface area contributed by atoms with Gasteiger partial charge in [0.2, 0.25) is 0 Å². The Balaban J connectivity index is 2.31. The van der Waals surface area contributed by atoms with Crippen molar-refractivity contribution in [2.75, 3.05) is 0 Å². The molecule has 116 valence electrons. The van der Waals surface area contributed by atoms with Gasteiger partial charge in [-0.3, -0.25) is 0 Å². The Morgan fingerprint density at radius 3 is 2.05 bits per heavy atom. The van der Waals surface area contributed by atoms with Crippen LogP contribution in [0.1, 0.15) is 33.3 Å². The Labute approximate surface area is 121 Å². The minimum Gasteiger partial charge on any atom is -0.399 e.